The van der Waals surface area contributed by atoms with Gasteiger partial charge in [0.05, 0.1) is 15.7 Å². The van der Waals surface area contributed by atoms with Gasteiger partial charge in [0.2, 0.25) is 0 Å². The van der Waals surface area contributed by atoms with Gasteiger partial charge in [-0.05, 0) is 40.2 Å². The van der Waals surface area contributed by atoms with E-state index in [0.717, 1.165) is 0 Å². The molecule has 1 aromatic carbocycles. The van der Waals surface area contributed by atoms with Gasteiger partial charge in [-0.15, -0.1) is 0 Å². The lowest BCUT2D eigenvalue weighted by molar-refractivity contribution is 0.601. The van der Waals surface area contributed by atoms with Crippen LogP contribution >= 0.6 is 39.1 Å². The molecule has 1 aromatic heterocycles. The Morgan fingerprint density at radius 2 is 1.85 bits per heavy atom. The molecule has 0 aliphatic carbocycles. The molecule has 2 aromatic rings. The van der Waals surface area contributed by atoms with E-state index in [9.17, 15) is 8.42 Å². The van der Waals surface area contributed by atoms with Crippen LogP contribution in [0.15, 0.2) is 40.0 Å². The molecule has 0 aliphatic rings. The number of benzene rings is 1. The molecular weight excluding hydrogens is 389 g/mol. The summed E-state index contributed by atoms with van der Waals surface area (Å²) in [4.78, 5) is 3.69. The van der Waals surface area contributed by atoms with E-state index in [0.29, 0.717) is 4.60 Å². The number of hydrogen-bond donors (Lipinski definition) is 2. The van der Waals surface area contributed by atoms with Crippen LogP contribution in [0.5, 0.6) is 0 Å². The minimum Gasteiger partial charge on any atom is -0.399 e. The second-order valence-electron chi connectivity index (χ2n) is 3.76. The molecule has 0 atom stereocenters. The number of nitrogen functional groups attached to an aromatic ring is 1. The Balaban J connectivity index is 2.50. The van der Waals surface area contributed by atoms with Crippen molar-refractivity contribution in [2.24, 2.45) is 0 Å². The van der Waals surface area contributed by atoms with Crippen LogP contribution in [0.25, 0.3) is 0 Å². The number of rotatable bonds is 3. The van der Waals surface area contributed by atoms with Crippen LogP contribution in [0.4, 0.5) is 11.4 Å². The minimum absolute atomic E-state index is 0.0532. The van der Waals surface area contributed by atoms with Gasteiger partial charge in [-0.3, -0.25) is 4.72 Å². The van der Waals surface area contributed by atoms with Crippen molar-refractivity contribution in [2.45, 2.75) is 4.90 Å². The van der Waals surface area contributed by atoms with Crippen molar-refractivity contribution in [1.29, 1.82) is 0 Å². The summed E-state index contributed by atoms with van der Waals surface area (Å²) < 4.78 is 27.4. The molecule has 0 spiro atoms. The van der Waals surface area contributed by atoms with E-state index in [1.54, 1.807) is 12.1 Å². The highest BCUT2D eigenvalue weighted by molar-refractivity contribution is 9.10. The van der Waals surface area contributed by atoms with Crippen molar-refractivity contribution in [2.75, 3.05) is 10.5 Å². The Labute approximate surface area is 134 Å². The van der Waals surface area contributed by atoms with Gasteiger partial charge in [0.15, 0.2) is 0 Å². The number of nitrogens with one attached hydrogen (secondary N) is 1. The van der Waals surface area contributed by atoms with Crippen molar-refractivity contribution in [1.82, 2.24) is 4.98 Å². The summed E-state index contributed by atoms with van der Waals surface area (Å²) in [5, 5.41) is -0.106. The highest BCUT2D eigenvalue weighted by Gasteiger charge is 2.23. The number of aromatic nitrogens is 1. The molecule has 3 N–H and O–H groups in total. The zero-order valence-electron chi connectivity index (χ0n) is 9.77. The third kappa shape index (κ3) is 3.17. The van der Waals surface area contributed by atoms with Crippen molar-refractivity contribution in [3.63, 3.8) is 0 Å². The van der Waals surface area contributed by atoms with Crippen LogP contribution in [0.1, 0.15) is 0 Å². The lowest BCUT2D eigenvalue weighted by atomic mass is 10.3. The summed E-state index contributed by atoms with van der Waals surface area (Å²) in [7, 11) is -3.95. The Hall–Kier alpha value is -1.02. The van der Waals surface area contributed by atoms with Gasteiger partial charge < -0.3 is 5.73 Å². The van der Waals surface area contributed by atoms with E-state index in [1.807, 2.05) is 0 Å². The molecule has 0 saturated heterocycles. The van der Waals surface area contributed by atoms with E-state index in [2.05, 4.69) is 25.6 Å². The summed E-state index contributed by atoms with van der Waals surface area (Å²) in [5.74, 6) is 0. The average molecular weight is 397 g/mol. The molecule has 0 bridgehead atoms. The summed E-state index contributed by atoms with van der Waals surface area (Å²) in [6.45, 7) is 0. The third-order valence-electron chi connectivity index (χ3n) is 2.29. The first-order valence-corrected chi connectivity index (χ1v) is 8.22. The topological polar surface area (TPSA) is 85.1 Å². The van der Waals surface area contributed by atoms with Crippen LogP contribution in [0.3, 0.4) is 0 Å². The summed E-state index contributed by atoms with van der Waals surface area (Å²) in [6, 6.07) is 5.78. The molecule has 1 heterocycles. The summed E-state index contributed by atoms with van der Waals surface area (Å²) in [5.41, 5.74) is 6.10. The number of pyridine rings is 1. The quantitative estimate of drug-likeness (QED) is 0.613. The van der Waals surface area contributed by atoms with E-state index < -0.39 is 10.0 Å². The molecule has 20 heavy (non-hydrogen) atoms. The van der Waals surface area contributed by atoms with Gasteiger partial charge in [-0.1, -0.05) is 23.2 Å². The first-order chi connectivity index (χ1) is 9.31. The standard InChI is InChI=1S/C11H8BrCl2N3O2S/c12-11-9(2-1-3-16-11)17-20(18,19)10-7(13)4-6(15)5-8(10)14/h1-5,17H,15H2. The van der Waals surface area contributed by atoms with Crippen molar-refractivity contribution < 1.29 is 8.42 Å². The van der Waals surface area contributed by atoms with Gasteiger partial charge >= 0.3 is 0 Å². The zero-order chi connectivity index (χ0) is 14.9. The highest BCUT2D eigenvalue weighted by atomic mass is 79.9. The number of anilines is 2. The first kappa shape index (κ1) is 15.4. The fourth-order valence-electron chi connectivity index (χ4n) is 1.49. The zero-order valence-corrected chi connectivity index (χ0v) is 13.7. The lowest BCUT2D eigenvalue weighted by Gasteiger charge is -2.12. The van der Waals surface area contributed by atoms with Crippen molar-refractivity contribution in [3.8, 4) is 0 Å². The molecule has 0 aliphatic heterocycles. The Bertz CT molecular complexity index is 745. The molecule has 0 radical (unpaired) electrons. The monoisotopic (exact) mass is 395 g/mol. The van der Waals surface area contributed by atoms with Crippen molar-refractivity contribution in [3.05, 3.63) is 45.1 Å². The van der Waals surface area contributed by atoms with Gasteiger partial charge in [0, 0.05) is 11.9 Å². The fraction of sp³-hybridized carbons (Fsp3) is 0. The van der Waals surface area contributed by atoms with Gasteiger partial charge in [-0.2, -0.15) is 0 Å². The number of sulfonamides is 1. The van der Waals surface area contributed by atoms with Crippen LogP contribution < -0.4 is 10.5 Å². The Kier molecular flexibility index (Phi) is 4.43. The molecule has 0 saturated carbocycles. The highest BCUT2D eigenvalue weighted by Crippen LogP contribution is 2.33. The van der Waals surface area contributed by atoms with E-state index in [4.69, 9.17) is 28.9 Å². The van der Waals surface area contributed by atoms with Gasteiger partial charge in [-0.25, -0.2) is 13.4 Å². The number of hydrogen-bond acceptors (Lipinski definition) is 4. The predicted molar refractivity (Wildman–Crippen MR) is 83.6 cm³/mol. The second-order valence-corrected chi connectivity index (χ2v) is 6.95. The summed E-state index contributed by atoms with van der Waals surface area (Å²) in [6.07, 6.45) is 1.52. The maximum Gasteiger partial charge on any atom is 0.264 e. The SMILES string of the molecule is Nc1cc(Cl)c(S(=O)(=O)Nc2cccnc2Br)c(Cl)c1. The largest absolute Gasteiger partial charge is 0.399 e. The number of nitrogens with two attached hydrogens (primary N) is 1. The lowest BCUT2D eigenvalue weighted by Crippen LogP contribution is -2.15. The van der Waals surface area contributed by atoms with Gasteiger partial charge in [0.1, 0.15) is 9.50 Å². The Morgan fingerprint density at radius 3 is 2.40 bits per heavy atom. The van der Waals surface area contributed by atoms with E-state index in [-0.39, 0.29) is 26.3 Å². The van der Waals surface area contributed by atoms with Crippen LogP contribution in [-0.4, -0.2) is 13.4 Å². The van der Waals surface area contributed by atoms with Crippen LogP contribution in [0, 0.1) is 0 Å². The molecule has 0 amide bonds. The molecule has 0 unspecified atom stereocenters. The molecule has 106 valence electrons. The van der Waals surface area contributed by atoms with Gasteiger partial charge in [0.25, 0.3) is 10.0 Å². The average Bonchev–Trinajstić information content (AvgIpc) is 2.30. The minimum atomic E-state index is -3.95. The predicted octanol–water partition coefficient (Wildman–Crippen LogP) is 3.53. The van der Waals surface area contributed by atoms with E-state index >= 15 is 0 Å². The molecule has 5 nitrogen and oxygen atoms in total. The van der Waals surface area contributed by atoms with E-state index in [1.165, 1.54) is 18.3 Å². The number of halogens is 3. The van der Waals surface area contributed by atoms with Crippen LogP contribution in [0.2, 0.25) is 10.0 Å². The summed E-state index contributed by atoms with van der Waals surface area (Å²) >= 11 is 15.0. The first-order valence-electron chi connectivity index (χ1n) is 5.19. The van der Waals surface area contributed by atoms with Crippen LogP contribution in [-0.2, 0) is 10.0 Å². The second kappa shape index (κ2) is 5.77. The number of nitrogens with zero attached hydrogens (tertiary/aromatic N) is 1. The Morgan fingerprint density at radius 1 is 1.25 bits per heavy atom. The van der Waals surface area contributed by atoms with Crippen molar-refractivity contribution >= 4 is 60.5 Å². The fourth-order valence-corrected chi connectivity index (χ4v) is 4.28. The smallest absolute Gasteiger partial charge is 0.264 e. The molecule has 2 rings (SSSR count). The third-order valence-corrected chi connectivity index (χ3v) is 5.21. The molecule has 9 heteroatoms. The molecule has 0 fully saturated rings. The maximum atomic E-state index is 12.3. The normalized spacial score (nSPS) is 11.3. The molecular formula is C11H8BrCl2N3O2S. The maximum absolute atomic E-state index is 12.3.